The van der Waals surface area contributed by atoms with Crippen molar-refractivity contribution < 1.29 is 13.9 Å². The van der Waals surface area contributed by atoms with Gasteiger partial charge in [0, 0.05) is 17.7 Å². The highest BCUT2D eigenvalue weighted by molar-refractivity contribution is 6.31. The van der Waals surface area contributed by atoms with Crippen LogP contribution in [0.5, 0.6) is 5.75 Å². The molecule has 2 aromatic heterocycles. The van der Waals surface area contributed by atoms with Crippen molar-refractivity contribution in [1.29, 1.82) is 0 Å². The standard InChI is InChI=1S/C21H21ClFN5O2/c1-10-19(22)11(2)28-20(25-10)16-8-27(9-17(16)26-28)21(29)15-4-3-12(23)5-18(15)30-14-6-13(24)7-14/h3-5,13-14H,6-9,24H2,1-2H3/t13-,14-. The normalized spacial score (nSPS) is 20.4. The molecule has 1 saturated carbocycles. The second kappa shape index (κ2) is 6.92. The summed E-state index contributed by atoms with van der Waals surface area (Å²) in [5.74, 6) is -0.418. The number of aryl methyl sites for hydroxylation is 2. The first-order valence-corrected chi connectivity index (χ1v) is 10.2. The Balaban J connectivity index is 1.43. The molecule has 30 heavy (non-hydrogen) atoms. The van der Waals surface area contributed by atoms with Crippen molar-refractivity contribution in [3.05, 3.63) is 57.2 Å². The monoisotopic (exact) mass is 429 g/mol. The van der Waals surface area contributed by atoms with Crippen LogP contribution in [-0.2, 0) is 13.1 Å². The molecule has 0 spiro atoms. The van der Waals surface area contributed by atoms with E-state index >= 15 is 0 Å². The van der Waals surface area contributed by atoms with Gasteiger partial charge in [0.25, 0.3) is 5.91 Å². The number of benzene rings is 1. The van der Waals surface area contributed by atoms with Crippen molar-refractivity contribution in [2.24, 2.45) is 5.73 Å². The molecule has 7 nitrogen and oxygen atoms in total. The fourth-order valence-corrected chi connectivity index (χ4v) is 4.20. The first-order chi connectivity index (χ1) is 14.3. The Labute approximate surface area is 177 Å². The van der Waals surface area contributed by atoms with Crippen LogP contribution in [0.3, 0.4) is 0 Å². The van der Waals surface area contributed by atoms with Crippen LogP contribution in [0.4, 0.5) is 4.39 Å². The number of rotatable bonds is 3. The van der Waals surface area contributed by atoms with Gasteiger partial charge in [-0.1, -0.05) is 11.6 Å². The molecule has 1 fully saturated rings. The van der Waals surface area contributed by atoms with E-state index in [1.165, 1.54) is 18.2 Å². The molecule has 9 heteroatoms. The van der Waals surface area contributed by atoms with Gasteiger partial charge in [0.15, 0.2) is 5.65 Å². The lowest BCUT2D eigenvalue weighted by Gasteiger charge is -2.33. The molecule has 5 rings (SSSR count). The number of nitrogens with two attached hydrogens (primary N) is 1. The van der Waals surface area contributed by atoms with Gasteiger partial charge in [-0.3, -0.25) is 4.79 Å². The first kappa shape index (κ1) is 19.3. The maximum atomic E-state index is 13.8. The fourth-order valence-electron chi connectivity index (χ4n) is 4.08. The molecule has 0 bridgehead atoms. The minimum Gasteiger partial charge on any atom is -0.489 e. The van der Waals surface area contributed by atoms with Gasteiger partial charge in [0.2, 0.25) is 0 Å². The van der Waals surface area contributed by atoms with Gasteiger partial charge in [0.1, 0.15) is 17.7 Å². The van der Waals surface area contributed by atoms with E-state index < -0.39 is 5.82 Å². The molecular formula is C21H21ClFN5O2. The van der Waals surface area contributed by atoms with Crippen LogP contribution in [0.2, 0.25) is 5.02 Å². The Morgan fingerprint density at radius 3 is 2.80 bits per heavy atom. The van der Waals surface area contributed by atoms with Gasteiger partial charge >= 0.3 is 0 Å². The van der Waals surface area contributed by atoms with Crippen molar-refractivity contribution in [1.82, 2.24) is 19.5 Å². The Morgan fingerprint density at radius 2 is 2.07 bits per heavy atom. The molecule has 156 valence electrons. The van der Waals surface area contributed by atoms with Crippen molar-refractivity contribution in [3.8, 4) is 5.75 Å². The molecular weight excluding hydrogens is 409 g/mol. The first-order valence-electron chi connectivity index (χ1n) is 9.86. The summed E-state index contributed by atoms with van der Waals surface area (Å²) in [5.41, 5.74) is 10.1. The van der Waals surface area contributed by atoms with Crippen LogP contribution >= 0.6 is 11.6 Å². The lowest BCUT2D eigenvalue weighted by molar-refractivity contribution is 0.0722. The van der Waals surface area contributed by atoms with Crippen molar-refractivity contribution in [2.45, 2.75) is 51.9 Å². The predicted octanol–water partition coefficient (Wildman–Crippen LogP) is 3.16. The number of amides is 1. The average Bonchev–Trinajstić information content (AvgIpc) is 3.24. The van der Waals surface area contributed by atoms with Crippen LogP contribution < -0.4 is 10.5 Å². The quantitative estimate of drug-likeness (QED) is 0.691. The number of carbonyl (C=O) groups excluding carboxylic acids is 1. The Bertz CT molecular complexity index is 1190. The summed E-state index contributed by atoms with van der Waals surface area (Å²) >= 11 is 6.30. The predicted molar refractivity (Wildman–Crippen MR) is 109 cm³/mol. The number of ether oxygens (including phenoxy) is 1. The highest BCUT2D eigenvalue weighted by Gasteiger charge is 2.33. The number of hydrogen-bond acceptors (Lipinski definition) is 5. The summed E-state index contributed by atoms with van der Waals surface area (Å²) in [6.07, 6.45) is 1.31. The number of nitrogens with zero attached hydrogens (tertiary/aromatic N) is 4. The van der Waals surface area contributed by atoms with Crippen LogP contribution in [0.15, 0.2) is 18.2 Å². The third-order valence-corrected chi connectivity index (χ3v) is 6.39. The van der Waals surface area contributed by atoms with Gasteiger partial charge in [-0.05, 0) is 38.8 Å². The molecule has 1 amide bonds. The molecule has 0 unspecified atom stereocenters. The smallest absolute Gasteiger partial charge is 0.258 e. The second-order valence-electron chi connectivity index (χ2n) is 8.03. The fraction of sp³-hybridized carbons (Fsp3) is 0.381. The minimum atomic E-state index is -0.445. The van der Waals surface area contributed by atoms with Crippen LogP contribution in [-0.4, -0.2) is 37.6 Å². The average molecular weight is 430 g/mol. The third kappa shape index (κ3) is 3.02. The number of hydrogen-bond donors (Lipinski definition) is 1. The summed E-state index contributed by atoms with van der Waals surface area (Å²) in [6.45, 7) is 4.46. The van der Waals surface area contributed by atoms with Gasteiger partial charge in [-0.25, -0.2) is 13.9 Å². The molecule has 0 saturated heterocycles. The number of carbonyl (C=O) groups is 1. The molecule has 3 heterocycles. The molecule has 1 aliphatic carbocycles. The van der Waals surface area contributed by atoms with E-state index in [1.54, 1.807) is 9.42 Å². The highest BCUT2D eigenvalue weighted by atomic mass is 35.5. The summed E-state index contributed by atoms with van der Waals surface area (Å²) in [6, 6.07) is 4.11. The summed E-state index contributed by atoms with van der Waals surface area (Å²) in [5, 5.41) is 5.19. The summed E-state index contributed by atoms with van der Waals surface area (Å²) in [7, 11) is 0. The molecule has 1 aromatic carbocycles. The molecule has 2 N–H and O–H groups in total. The zero-order valence-corrected chi connectivity index (χ0v) is 17.4. The SMILES string of the molecule is Cc1nc2c3c(nn2c(C)c1Cl)CN(C(=O)c1ccc(F)cc1O[C@H]1C[C@H](N)C1)C3. The Hall–Kier alpha value is -2.71. The highest BCUT2D eigenvalue weighted by Crippen LogP contribution is 2.33. The van der Waals surface area contributed by atoms with Crippen LogP contribution in [0.1, 0.15) is 45.8 Å². The molecule has 3 aromatic rings. The number of aromatic nitrogens is 3. The van der Waals surface area contributed by atoms with E-state index in [9.17, 15) is 9.18 Å². The lowest BCUT2D eigenvalue weighted by atomic mass is 9.90. The van der Waals surface area contributed by atoms with Crippen molar-refractivity contribution in [3.63, 3.8) is 0 Å². The summed E-state index contributed by atoms with van der Waals surface area (Å²) in [4.78, 5) is 19.5. The summed E-state index contributed by atoms with van der Waals surface area (Å²) < 4.78 is 21.4. The van der Waals surface area contributed by atoms with Gasteiger partial charge < -0.3 is 15.4 Å². The number of fused-ring (bicyclic) bond motifs is 3. The molecule has 0 radical (unpaired) electrons. The zero-order chi connectivity index (χ0) is 21.2. The minimum absolute atomic E-state index is 0.0896. The zero-order valence-electron chi connectivity index (χ0n) is 16.7. The van der Waals surface area contributed by atoms with E-state index in [-0.39, 0.29) is 23.8 Å². The molecule has 1 aliphatic heterocycles. The second-order valence-corrected chi connectivity index (χ2v) is 8.41. The topological polar surface area (TPSA) is 85.8 Å². The van der Waals surface area contributed by atoms with E-state index in [1.807, 2.05) is 13.8 Å². The van der Waals surface area contributed by atoms with Gasteiger partial charge in [-0.2, -0.15) is 5.10 Å². The Kier molecular flexibility index (Phi) is 4.44. The number of halogens is 2. The van der Waals surface area contributed by atoms with E-state index in [0.29, 0.717) is 42.2 Å². The van der Waals surface area contributed by atoms with Crippen molar-refractivity contribution >= 4 is 23.2 Å². The van der Waals surface area contributed by atoms with Gasteiger partial charge in [-0.15, -0.1) is 0 Å². The molecule has 0 atom stereocenters. The maximum Gasteiger partial charge on any atom is 0.258 e. The Morgan fingerprint density at radius 1 is 1.30 bits per heavy atom. The van der Waals surface area contributed by atoms with E-state index in [2.05, 4.69) is 10.1 Å². The van der Waals surface area contributed by atoms with E-state index in [0.717, 1.165) is 22.6 Å². The maximum absolute atomic E-state index is 13.8. The van der Waals surface area contributed by atoms with Crippen molar-refractivity contribution in [2.75, 3.05) is 0 Å². The van der Waals surface area contributed by atoms with Crippen LogP contribution in [0, 0.1) is 19.7 Å². The molecule has 2 aliphatic rings. The lowest BCUT2D eigenvalue weighted by Crippen LogP contribution is -2.43. The third-order valence-electron chi connectivity index (χ3n) is 5.84. The van der Waals surface area contributed by atoms with E-state index in [4.69, 9.17) is 22.1 Å². The largest absolute Gasteiger partial charge is 0.489 e. The van der Waals surface area contributed by atoms with Gasteiger partial charge in [0.05, 0.1) is 40.8 Å². The van der Waals surface area contributed by atoms with Crippen LogP contribution in [0.25, 0.3) is 5.65 Å².